The molecular weight excluding hydrogens is 923 g/mol. The van der Waals surface area contributed by atoms with E-state index in [4.69, 9.17) is 9.47 Å². The molecule has 0 aromatic rings. The molecule has 10 heteroatoms. The van der Waals surface area contributed by atoms with Gasteiger partial charge in [-0.3, -0.25) is 0 Å². The van der Waals surface area contributed by atoms with Crippen molar-refractivity contribution < 1.29 is 9.47 Å². The summed E-state index contributed by atoms with van der Waals surface area (Å²) in [5, 5.41) is 1.62. The van der Waals surface area contributed by atoms with Gasteiger partial charge in [-0.2, -0.15) is 0 Å². The molecule has 0 rings (SSSR count). The van der Waals surface area contributed by atoms with Gasteiger partial charge in [0.05, 0.1) is 29.4 Å². The number of halogens is 8. The second-order valence-corrected chi connectivity index (χ2v) is 13.8. The molecule has 0 N–H and O–H groups in total. The van der Waals surface area contributed by atoms with Crippen molar-refractivity contribution in [1.82, 2.24) is 0 Å². The smallest absolute Gasteiger partial charge is 0.147 e. The summed E-state index contributed by atoms with van der Waals surface area (Å²) < 4.78 is 13.8. The van der Waals surface area contributed by atoms with Crippen LogP contribution in [0.4, 0.5) is 0 Å². The summed E-state index contributed by atoms with van der Waals surface area (Å²) in [6.45, 7) is 9.30. The molecule has 0 fully saturated rings. The van der Waals surface area contributed by atoms with Crippen LogP contribution in [0, 0.1) is 5.41 Å². The second kappa shape index (κ2) is 18.2. The summed E-state index contributed by atoms with van der Waals surface area (Å²) in [7, 11) is 0. The molecule has 0 amide bonds. The van der Waals surface area contributed by atoms with Gasteiger partial charge in [-0.1, -0.05) is 112 Å². The van der Waals surface area contributed by atoms with Gasteiger partial charge in [0.25, 0.3) is 0 Å². The lowest BCUT2D eigenvalue weighted by Crippen LogP contribution is -2.11. The standard InChI is InChI=1S/C21H24Br8O2/c1-14(25)20(31-13-18(28)10-24)19(29)4-6-21(2,3)15(5-7-22)8-16(26)11-30-12-17(27)9-23/h4-8,11,17-18H,1,9-10,12-13H2,2-3H3/b6-4+,7-5+,15-8+,16-11-,20-19-. The first-order valence-electron chi connectivity index (χ1n) is 8.91. The summed E-state index contributed by atoms with van der Waals surface area (Å²) in [5.74, 6) is 0.657. The normalized spacial score (nSPS) is 16.5. The van der Waals surface area contributed by atoms with Gasteiger partial charge in [0.1, 0.15) is 19.0 Å². The van der Waals surface area contributed by atoms with Crippen LogP contribution in [0.5, 0.6) is 0 Å². The third-order valence-electron chi connectivity index (χ3n) is 3.61. The molecule has 0 bridgehead atoms. The van der Waals surface area contributed by atoms with Crippen LogP contribution in [0.1, 0.15) is 13.8 Å². The summed E-state index contributed by atoms with van der Waals surface area (Å²) >= 11 is 27.9. The minimum Gasteiger partial charge on any atom is -0.499 e. The van der Waals surface area contributed by atoms with Crippen molar-refractivity contribution in [2.45, 2.75) is 23.5 Å². The quantitative estimate of drug-likeness (QED) is 0.0982. The molecule has 0 aromatic carbocycles. The molecule has 0 heterocycles. The van der Waals surface area contributed by atoms with Crippen LogP contribution < -0.4 is 0 Å². The van der Waals surface area contributed by atoms with E-state index in [1.165, 1.54) is 0 Å². The average molecular weight is 948 g/mol. The lowest BCUT2D eigenvalue weighted by Gasteiger charge is -2.22. The highest BCUT2D eigenvalue weighted by atomic mass is 79.9. The molecule has 31 heavy (non-hydrogen) atoms. The van der Waals surface area contributed by atoms with Crippen LogP contribution in [0.25, 0.3) is 0 Å². The molecule has 0 aliphatic carbocycles. The number of rotatable bonds is 14. The maximum atomic E-state index is 5.91. The lowest BCUT2D eigenvalue weighted by molar-refractivity contribution is 0.230. The highest BCUT2D eigenvalue weighted by Gasteiger charge is 2.19. The van der Waals surface area contributed by atoms with Gasteiger partial charge in [0.2, 0.25) is 0 Å². The molecule has 2 nitrogen and oxygen atoms in total. The minimum absolute atomic E-state index is 0.203. The Morgan fingerprint density at radius 1 is 1.00 bits per heavy atom. The monoisotopic (exact) mass is 940 g/mol. The molecule has 0 aliphatic rings. The van der Waals surface area contributed by atoms with Crippen molar-refractivity contribution in [3.8, 4) is 0 Å². The third kappa shape index (κ3) is 14.8. The van der Waals surface area contributed by atoms with Crippen LogP contribution in [0.3, 0.4) is 0 Å². The third-order valence-corrected chi connectivity index (χ3v) is 9.75. The van der Waals surface area contributed by atoms with Crippen molar-refractivity contribution >= 4 is 127 Å². The van der Waals surface area contributed by atoms with Crippen molar-refractivity contribution in [2.75, 3.05) is 23.9 Å². The zero-order chi connectivity index (χ0) is 24.0. The Bertz CT molecular complexity index is 723. The minimum atomic E-state index is -0.281. The van der Waals surface area contributed by atoms with Crippen LogP contribution in [-0.4, -0.2) is 33.5 Å². The second-order valence-electron chi connectivity index (χ2n) is 6.68. The fourth-order valence-corrected chi connectivity index (χ4v) is 4.33. The van der Waals surface area contributed by atoms with Crippen LogP contribution in [0.15, 0.2) is 66.9 Å². The SMILES string of the molecule is C=C(Br)/C(OCC(Br)CBr)=C(Br)\C=C\C(C)(C)C(/C=C/Br)=C/C(Br)=C/OCC(Br)CBr. The topological polar surface area (TPSA) is 18.5 Å². The Morgan fingerprint density at radius 2 is 1.58 bits per heavy atom. The molecule has 0 radical (unpaired) electrons. The van der Waals surface area contributed by atoms with E-state index in [0.717, 1.165) is 25.2 Å². The number of allylic oxidation sites excluding steroid dienone is 8. The molecule has 2 unspecified atom stereocenters. The van der Waals surface area contributed by atoms with Gasteiger partial charge in [-0.15, -0.1) is 0 Å². The van der Waals surface area contributed by atoms with E-state index in [0.29, 0.717) is 23.5 Å². The van der Waals surface area contributed by atoms with Gasteiger partial charge in [-0.05, 0) is 70.5 Å². The van der Waals surface area contributed by atoms with Crippen molar-refractivity contribution in [3.05, 3.63) is 66.9 Å². The number of hydrogen-bond donors (Lipinski definition) is 0. The molecule has 0 aromatic heterocycles. The summed E-state index contributed by atoms with van der Waals surface area (Å²) in [6.07, 6.45) is 9.83. The predicted molar refractivity (Wildman–Crippen MR) is 165 cm³/mol. The Hall–Kier alpha value is 1.88. The van der Waals surface area contributed by atoms with Gasteiger partial charge in [0.15, 0.2) is 0 Å². The van der Waals surface area contributed by atoms with Crippen molar-refractivity contribution in [1.29, 1.82) is 0 Å². The van der Waals surface area contributed by atoms with Gasteiger partial charge >= 0.3 is 0 Å². The molecule has 2 atom stereocenters. The first kappa shape index (κ1) is 32.9. The van der Waals surface area contributed by atoms with Crippen LogP contribution in [0.2, 0.25) is 0 Å². The maximum Gasteiger partial charge on any atom is 0.147 e. The Morgan fingerprint density at radius 3 is 2.10 bits per heavy atom. The first-order valence-corrected chi connectivity index (χ1v) is 16.3. The van der Waals surface area contributed by atoms with Crippen LogP contribution >= 0.6 is 127 Å². The maximum absolute atomic E-state index is 5.91. The zero-order valence-electron chi connectivity index (χ0n) is 17.0. The fourth-order valence-electron chi connectivity index (χ4n) is 1.92. The van der Waals surface area contributed by atoms with E-state index in [-0.39, 0.29) is 15.1 Å². The Balaban J connectivity index is 5.65. The van der Waals surface area contributed by atoms with Gasteiger partial charge in [-0.25, -0.2) is 0 Å². The number of alkyl halides is 4. The van der Waals surface area contributed by atoms with E-state index in [1.807, 2.05) is 23.2 Å². The molecule has 0 spiro atoms. The van der Waals surface area contributed by atoms with E-state index in [2.05, 4.69) is 154 Å². The predicted octanol–water partition coefficient (Wildman–Crippen LogP) is 10.5. The van der Waals surface area contributed by atoms with Crippen molar-refractivity contribution in [3.63, 3.8) is 0 Å². The summed E-state index contributed by atoms with van der Waals surface area (Å²) in [4.78, 5) is 2.30. The van der Waals surface area contributed by atoms with Crippen molar-refractivity contribution in [2.24, 2.45) is 5.41 Å². The number of ether oxygens (including phenoxy) is 2. The first-order chi connectivity index (χ1) is 14.5. The van der Waals surface area contributed by atoms with E-state index >= 15 is 0 Å². The Labute approximate surface area is 253 Å². The highest BCUT2D eigenvalue weighted by molar-refractivity contribution is 9.13. The summed E-state index contributed by atoms with van der Waals surface area (Å²) in [6, 6.07) is 0. The number of hydrogen-bond acceptors (Lipinski definition) is 2. The highest BCUT2D eigenvalue weighted by Crippen LogP contribution is 2.34. The van der Waals surface area contributed by atoms with Gasteiger partial charge < -0.3 is 9.47 Å². The molecule has 0 saturated carbocycles. The summed E-state index contributed by atoms with van der Waals surface area (Å²) in [5.41, 5.74) is 0.791. The van der Waals surface area contributed by atoms with E-state index in [1.54, 1.807) is 6.26 Å². The van der Waals surface area contributed by atoms with E-state index in [9.17, 15) is 0 Å². The van der Waals surface area contributed by atoms with Crippen LogP contribution in [-0.2, 0) is 9.47 Å². The molecule has 176 valence electrons. The van der Waals surface area contributed by atoms with Gasteiger partial charge in [0, 0.05) is 16.1 Å². The average Bonchev–Trinajstić information content (AvgIpc) is 2.71. The molecule has 0 aliphatic heterocycles. The Kier molecular flexibility index (Phi) is 19.3. The fraction of sp³-hybridized carbons (Fsp3) is 0.429. The zero-order valence-corrected chi connectivity index (χ0v) is 29.7. The van der Waals surface area contributed by atoms with E-state index < -0.39 is 0 Å². The lowest BCUT2D eigenvalue weighted by atomic mass is 9.83. The molecule has 0 saturated heterocycles. The molecular formula is C21H24Br8O2. The largest absolute Gasteiger partial charge is 0.499 e.